The number of benzene rings is 1. The second-order valence-electron chi connectivity index (χ2n) is 7.56. The van der Waals surface area contributed by atoms with Crippen molar-refractivity contribution in [1.29, 1.82) is 0 Å². The molecule has 0 spiro atoms. The topological polar surface area (TPSA) is 62.8 Å². The van der Waals surface area contributed by atoms with Crippen LogP contribution >= 0.6 is 0 Å². The Morgan fingerprint density at radius 1 is 1.21 bits per heavy atom. The van der Waals surface area contributed by atoms with Crippen LogP contribution in [0, 0.1) is 6.92 Å². The third kappa shape index (κ3) is 2.96. The van der Waals surface area contributed by atoms with Gasteiger partial charge < -0.3 is 19.0 Å². The minimum atomic E-state index is -0.320. The third-order valence-electron chi connectivity index (χ3n) is 5.37. The smallest absolute Gasteiger partial charge is 0.344 e. The van der Waals surface area contributed by atoms with E-state index in [1.54, 1.807) is 0 Å². The quantitative estimate of drug-likeness (QED) is 0.546. The minimum absolute atomic E-state index is 0.320. The molecular weight excluding hydrogens is 352 g/mol. The van der Waals surface area contributed by atoms with Crippen molar-refractivity contribution >= 4 is 22.2 Å². The number of hydrogen-bond acceptors (Lipinski definition) is 5. The van der Waals surface area contributed by atoms with Crippen molar-refractivity contribution in [3.8, 4) is 11.1 Å². The lowest BCUT2D eigenvalue weighted by molar-refractivity contribution is 0.484. The van der Waals surface area contributed by atoms with Gasteiger partial charge in [-0.3, -0.25) is 4.98 Å². The Balaban J connectivity index is 1.56. The normalized spacial score (nSPS) is 17.5. The van der Waals surface area contributed by atoms with Crippen LogP contribution < -0.4 is 15.8 Å². The zero-order chi connectivity index (χ0) is 19.3. The molecule has 1 N–H and O–H groups in total. The van der Waals surface area contributed by atoms with E-state index in [0.29, 0.717) is 17.2 Å². The van der Waals surface area contributed by atoms with Gasteiger partial charge >= 0.3 is 5.63 Å². The third-order valence-corrected chi connectivity index (χ3v) is 5.37. The molecule has 4 aromatic rings. The van der Waals surface area contributed by atoms with E-state index in [2.05, 4.69) is 28.2 Å². The number of anilines is 1. The number of fused-ring (bicyclic) bond motifs is 2. The highest BCUT2D eigenvalue weighted by molar-refractivity contribution is 5.85. The minimum Gasteiger partial charge on any atom is -0.422 e. The summed E-state index contributed by atoms with van der Waals surface area (Å²) in [6.07, 6.45) is 5.70. The second kappa shape index (κ2) is 6.49. The summed E-state index contributed by atoms with van der Waals surface area (Å²) in [5.41, 5.74) is 4.67. The van der Waals surface area contributed by atoms with Gasteiger partial charge in [-0.25, -0.2) is 4.79 Å². The maximum atomic E-state index is 12.7. The molecule has 0 aliphatic carbocycles. The van der Waals surface area contributed by atoms with E-state index < -0.39 is 0 Å². The van der Waals surface area contributed by atoms with Crippen molar-refractivity contribution < 1.29 is 4.42 Å². The molecule has 3 aromatic heterocycles. The molecule has 6 nitrogen and oxygen atoms in total. The van der Waals surface area contributed by atoms with Crippen molar-refractivity contribution in [1.82, 2.24) is 14.7 Å². The molecule has 0 radical (unpaired) electrons. The molecule has 4 heterocycles. The van der Waals surface area contributed by atoms with Gasteiger partial charge in [0.2, 0.25) is 0 Å². The van der Waals surface area contributed by atoms with Crippen molar-refractivity contribution in [3.63, 3.8) is 0 Å². The van der Waals surface area contributed by atoms with Crippen molar-refractivity contribution in [2.24, 2.45) is 0 Å². The molecule has 1 atom stereocenters. The van der Waals surface area contributed by atoms with Crippen LogP contribution in [0.25, 0.3) is 27.6 Å². The van der Waals surface area contributed by atoms with Gasteiger partial charge in [-0.05, 0) is 38.1 Å². The molecule has 1 aliphatic heterocycles. The lowest BCUT2D eigenvalue weighted by Gasteiger charge is -2.33. The number of aryl methyl sites for hydroxylation is 1. The van der Waals surface area contributed by atoms with Crippen molar-refractivity contribution in [3.05, 3.63) is 65.0 Å². The second-order valence-corrected chi connectivity index (χ2v) is 7.56. The molecule has 28 heavy (non-hydrogen) atoms. The summed E-state index contributed by atoms with van der Waals surface area (Å²) in [6.45, 7) is 6.97. The van der Waals surface area contributed by atoms with Crippen LogP contribution in [0.3, 0.4) is 0 Å². The zero-order valence-corrected chi connectivity index (χ0v) is 16.0. The fourth-order valence-electron chi connectivity index (χ4n) is 3.93. The van der Waals surface area contributed by atoms with Gasteiger partial charge in [0.05, 0.1) is 23.0 Å². The average Bonchev–Trinajstić information content (AvgIpc) is 3.10. The highest BCUT2D eigenvalue weighted by Crippen LogP contribution is 2.27. The zero-order valence-electron chi connectivity index (χ0n) is 16.0. The number of nitrogens with one attached hydrogen (secondary N) is 1. The van der Waals surface area contributed by atoms with Gasteiger partial charge in [0, 0.05) is 60.8 Å². The van der Waals surface area contributed by atoms with Crippen LogP contribution in [0.15, 0.2) is 58.1 Å². The number of aromatic nitrogens is 2. The summed E-state index contributed by atoms with van der Waals surface area (Å²) in [7, 11) is 0. The fraction of sp³-hybridized carbons (Fsp3) is 0.273. The van der Waals surface area contributed by atoms with Gasteiger partial charge in [0.15, 0.2) is 0 Å². The SMILES string of the molecule is Cc1cn2cc(-c3cc4ccc(N5CCN[C@H](C)C5)cc4oc3=O)cc2cn1. The molecule has 142 valence electrons. The Hall–Kier alpha value is -3.12. The molecular formula is C22H22N4O2. The lowest BCUT2D eigenvalue weighted by atomic mass is 10.1. The predicted molar refractivity (Wildman–Crippen MR) is 111 cm³/mol. The predicted octanol–water partition coefficient (Wildman–Crippen LogP) is 3.21. The molecule has 1 saturated heterocycles. The van der Waals surface area contributed by atoms with Crippen LogP contribution in [0.2, 0.25) is 0 Å². The summed E-state index contributed by atoms with van der Waals surface area (Å²) in [4.78, 5) is 19.3. The molecule has 1 fully saturated rings. The van der Waals surface area contributed by atoms with Crippen LogP contribution in [0.4, 0.5) is 5.69 Å². The Labute approximate surface area is 162 Å². The number of nitrogens with zero attached hydrogens (tertiary/aromatic N) is 3. The molecule has 0 unspecified atom stereocenters. The molecule has 0 saturated carbocycles. The van der Waals surface area contributed by atoms with Crippen molar-refractivity contribution in [2.75, 3.05) is 24.5 Å². The molecule has 1 aromatic carbocycles. The Morgan fingerprint density at radius 2 is 2.11 bits per heavy atom. The monoisotopic (exact) mass is 374 g/mol. The first-order valence-electron chi connectivity index (χ1n) is 9.58. The molecule has 1 aliphatic rings. The van der Waals surface area contributed by atoms with Crippen LogP contribution in [-0.4, -0.2) is 35.1 Å². The van der Waals surface area contributed by atoms with Crippen LogP contribution in [0.5, 0.6) is 0 Å². The van der Waals surface area contributed by atoms with Gasteiger partial charge in [0.25, 0.3) is 0 Å². The van der Waals surface area contributed by atoms with E-state index in [4.69, 9.17) is 4.42 Å². The number of hydrogen-bond donors (Lipinski definition) is 1. The Kier molecular flexibility index (Phi) is 3.94. The maximum absolute atomic E-state index is 12.7. The Bertz CT molecular complexity index is 1240. The van der Waals surface area contributed by atoms with Crippen LogP contribution in [0.1, 0.15) is 12.6 Å². The summed E-state index contributed by atoms with van der Waals surface area (Å²) in [5, 5.41) is 4.37. The molecule has 0 amide bonds. The fourth-order valence-corrected chi connectivity index (χ4v) is 3.93. The van der Waals surface area contributed by atoms with Gasteiger partial charge in [-0.1, -0.05) is 0 Å². The largest absolute Gasteiger partial charge is 0.422 e. The summed E-state index contributed by atoms with van der Waals surface area (Å²) >= 11 is 0. The number of rotatable bonds is 2. The Morgan fingerprint density at radius 3 is 2.96 bits per heavy atom. The molecule has 5 rings (SSSR count). The van der Waals surface area contributed by atoms with Gasteiger partial charge in [-0.2, -0.15) is 0 Å². The van der Waals surface area contributed by atoms with E-state index in [1.165, 1.54) is 0 Å². The van der Waals surface area contributed by atoms with Gasteiger partial charge in [0.1, 0.15) is 5.58 Å². The van der Waals surface area contributed by atoms with E-state index >= 15 is 0 Å². The van der Waals surface area contributed by atoms with E-state index in [9.17, 15) is 4.79 Å². The summed E-state index contributed by atoms with van der Waals surface area (Å²) in [5.74, 6) is 0. The summed E-state index contributed by atoms with van der Waals surface area (Å²) < 4.78 is 7.68. The van der Waals surface area contributed by atoms with E-state index in [1.807, 2.05) is 54.2 Å². The van der Waals surface area contributed by atoms with Crippen LogP contribution in [-0.2, 0) is 0 Å². The molecule has 6 heteroatoms. The van der Waals surface area contributed by atoms with E-state index in [-0.39, 0.29) is 5.63 Å². The highest BCUT2D eigenvalue weighted by Gasteiger charge is 2.17. The molecule has 0 bridgehead atoms. The maximum Gasteiger partial charge on any atom is 0.344 e. The first-order chi connectivity index (χ1) is 13.6. The standard InChI is InChI=1S/C22H22N4O2/c1-14-11-25(6-5-23-14)18-4-3-16-8-20(22(27)28-21(16)9-18)17-7-19-10-24-15(2)12-26(19)13-17/h3-4,7-10,12-14,23H,5-6,11H2,1-2H3/t14-/m1/s1. The first kappa shape index (κ1) is 17.0. The highest BCUT2D eigenvalue weighted by atomic mass is 16.4. The lowest BCUT2D eigenvalue weighted by Crippen LogP contribution is -2.49. The van der Waals surface area contributed by atoms with Crippen molar-refractivity contribution in [2.45, 2.75) is 19.9 Å². The van der Waals surface area contributed by atoms with E-state index in [0.717, 1.165) is 47.5 Å². The number of piperazine rings is 1. The summed E-state index contributed by atoms with van der Waals surface area (Å²) in [6, 6.07) is 10.4. The van der Waals surface area contributed by atoms with Gasteiger partial charge in [-0.15, -0.1) is 0 Å². The first-order valence-corrected chi connectivity index (χ1v) is 9.58. The average molecular weight is 374 g/mol.